The molecule has 1 fully saturated rings. The van der Waals surface area contributed by atoms with Gasteiger partial charge in [-0.15, -0.1) is 11.3 Å². The standard InChI is InChI=1S/C23H24ClFN4O5S/c1-12(2)34-23(32)18-16(10-29-6-7-33-11-17(29)22(30)31)27-20(21-26-5-8-35-21)28-19(18)14-4-3-13(25)9-15(14)24/h3-5,8-9,12,17,19H,6-7,10-11H2,1-2H3,(H,27,28)(H,30,31). The van der Waals surface area contributed by atoms with Gasteiger partial charge in [-0.2, -0.15) is 0 Å². The largest absolute Gasteiger partial charge is 0.480 e. The number of carbonyl (C=O) groups is 2. The Bertz CT molecular complexity index is 1170. The summed E-state index contributed by atoms with van der Waals surface area (Å²) >= 11 is 7.74. The molecule has 9 nitrogen and oxygen atoms in total. The van der Waals surface area contributed by atoms with Gasteiger partial charge in [-0.1, -0.05) is 17.7 Å². The summed E-state index contributed by atoms with van der Waals surface area (Å²) in [4.78, 5) is 35.9. The molecule has 2 aliphatic rings. The van der Waals surface area contributed by atoms with Crippen molar-refractivity contribution in [2.45, 2.75) is 32.0 Å². The van der Waals surface area contributed by atoms with Gasteiger partial charge in [0.05, 0.1) is 24.9 Å². The molecule has 0 bridgehead atoms. The van der Waals surface area contributed by atoms with Crippen LogP contribution in [0.3, 0.4) is 0 Å². The van der Waals surface area contributed by atoms with Crippen LogP contribution in [0.5, 0.6) is 0 Å². The number of ether oxygens (including phenoxy) is 2. The van der Waals surface area contributed by atoms with Crippen molar-refractivity contribution in [1.29, 1.82) is 0 Å². The topological polar surface area (TPSA) is 113 Å². The molecule has 3 heterocycles. The zero-order chi connectivity index (χ0) is 25.1. The summed E-state index contributed by atoms with van der Waals surface area (Å²) in [7, 11) is 0. The van der Waals surface area contributed by atoms with E-state index in [0.717, 1.165) is 6.07 Å². The van der Waals surface area contributed by atoms with E-state index in [4.69, 9.17) is 26.1 Å². The van der Waals surface area contributed by atoms with E-state index in [2.05, 4.69) is 10.3 Å². The van der Waals surface area contributed by atoms with E-state index in [0.29, 0.717) is 35.3 Å². The molecule has 1 aromatic carbocycles. The van der Waals surface area contributed by atoms with E-state index in [1.807, 2.05) is 0 Å². The summed E-state index contributed by atoms with van der Waals surface area (Å²) in [6, 6.07) is 2.07. The first-order chi connectivity index (χ1) is 16.7. The summed E-state index contributed by atoms with van der Waals surface area (Å²) in [5, 5.41) is 15.3. The van der Waals surface area contributed by atoms with Crippen LogP contribution in [0.15, 0.2) is 46.0 Å². The van der Waals surface area contributed by atoms with Crippen LogP contribution in [0.1, 0.15) is 30.5 Å². The minimum absolute atomic E-state index is 0.0228. The lowest BCUT2D eigenvalue weighted by Gasteiger charge is -2.35. The summed E-state index contributed by atoms with van der Waals surface area (Å²) in [5.74, 6) is -1.79. The predicted molar refractivity (Wildman–Crippen MR) is 128 cm³/mol. The number of nitrogens with one attached hydrogen (secondary N) is 1. The Kier molecular flexibility index (Phi) is 7.80. The van der Waals surface area contributed by atoms with Crippen molar-refractivity contribution in [3.05, 3.63) is 62.5 Å². The highest BCUT2D eigenvalue weighted by Gasteiger charge is 2.37. The molecule has 4 rings (SSSR count). The maximum absolute atomic E-state index is 13.8. The third-order valence-electron chi connectivity index (χ3n) is 5.47. The lowest BCUT2D eigenvalue weighted by molar-refractivity contribution is -0.149. The summed E-state index contributed by atoms with van der Waals surface area (Å²) in [5.41, 5.74) is 0.992. The minimum atomic E-state index is -1.03. The number of rotatable bonds is 7. The van der Waals surface area contributed by atoms with E-state index < -0.39 is 35.9 Å². The molecule has 35 heavy (non-hydrogen) atoms. The molecular formula is C23H24ClFN4O5S. The van der Waals surface area contributed by atoms with Gasteiger partial charge in [0.25, 0.3) is 0 Å². The molecule has 0 saturated carbocycles. The monoisotopic (exact) mass is 522 g/mol. The second kappa shape index (κ2) is 10.8. The number of halogens is 2. The number of nitrogens with zero attached hydrogens (tertiary/aromatic N) is 3. The Balaban J connectivity index is 1.84. The van der Waals surface area contributed by atoms with Crippen LogP contribution >= 0.6 is 22.9 Å². The van der Waals surface area contributed by atoms with Gasteiger partial charge in [-0.05, 0) is 26.0 Å². The number of hydrogen-bond donors (Lipinski definition) is 2. The van der Waals surface area contributed by atoms with Crippen LogP contribution < -0.4 is 5.32 Å². The lowest BCUT2D eigenvalue weighted by Crippen LogP contribution is -2.52. The number of esters is 1. The second-order valence-corrected chi connectivity index (χ2v) is 9.56. The molecule has 2 aromatic rings. The molecule has 2 atom stereocenters. The predicted octanol–water partition coefficient (Wildman–Crippen LogP) is 3.02. The number of aliphatic carboxylic acids is 1. The summed E-state index contributed by atoms with van der Waals surface area (Å²) < 4.78 is 24.7. The number of thiazole rings is 1. The zero-order valence-corrected chi connectivity index (χ0v) is 20.6. The number of carbonyl (C=O) groups excluding carboxylic acids is 1. The molecular weight excluding hydrogens is 499 g/mol. The average molecular weight is 523 g/mol. The Morgan fingerprint density at radius 2 is 2.23 bits per heavy atom. The Hall–Kier alpha value is -2.86. The summed E-state index contributed by atoms with van der Waals surface area (Å²) in [6.07, 6.45) is 1.21. The molecule has 2 N–H and O–H groups in total. The molecule has 2 unspecified atom stereocenters. The third-order valence-corrected chi connectivity index (χ3v) is 6.57. The quantitative estimate of drug-likeness (QED) is 0.533. The highest BCUT2D eigenvalue weighted by atomic mass is 35.5. The molecule has 0 radical (unpaired) electrons. The second-order valence-electron chi connectivity index (χ2n) is 8.25. The number of carboxylic acid groups (broad SMARTS) is 1. The maximum Gasteiger partial charge on any atom is 0.338 e. The maximum atomic E-state index is 13.8. The first-order valence-corrected chi connectivity index (χ1v) is 12.2. The van der Waals surface area contributed by atoms with E-state index in [-0.39, 0.29) is 23.7 Å². The number of carboxylic acids is 1. The molecule has 2 aliphatic heterocycles. The fourth-order valence-electron chi connectivity index (χ4n) is 3.89. The third kappa shape index (κ3) is 5.69. The zero-order valence-electron chi connectivity index (χ0n) is 19.0. The minimum Gasteiger partial charge on any atom is -0.480 e. The fourth-order valence-corrected chi connectivity index (χ4v) is 4.75. The van der Waals surface area contributed by atoms with Crippen molar-refractivity contribution >= 4 is 40.7 Å². The fraction of sp³-hybridized carbons (Fsp3) is 0.391. The van der Waals surface area contributed by atoms with Crippen LogP contribution in [-0.4, -0.2) is 71.2 Å². The van der Waals surface area contributed by atoms with Gasteiger partial charge in [0.1, 0.15) is 17.9 Å². The molecule has 12 heteroatoms. The van der Waals surface area contributed by atoms with Gasteiger partial charge >= 0.3 is 11.9 Å². The Labute approximate surface area is 210 Å². The number of morpholine rings is 1. The van der Waals surface area contributed by atoms with Gasteiger partial charge in [0.2, 0.25) is 0 Å². The highest BCUT2D eigenvalue weighted by Crippen LogP contribution is 2.37. The Morgan fingerprint density at radius 1 is 1.43 bits per heavy atom. The van der Waals surface area contributed by atoms with E-state index >= 15 is 0 Å². The van der Waals surface area contributed by atoms with Crippen molar-refractivity contribution in [2.24, 2.45) is 4.99 Å². The van der Waals surface area contributed by atoms with Crippen LogP contribution in [0.4, 0.5) is 4.39 Å². The molecule has 0 spiro atoms. The van der Waals surface area contributed by atoms with E-state index in [9.17, 15) is 19.1 Å². The molecule has 1 aromatic heterocycles. The number of hydrogen-bond acceptors (Lipinski definition) is 9. The summed E-state index contributed by atoms with van der Waals surface area (Å²) in [6.45, 7) is 4.25. The van der Waals surface area contributed by atoms with Crippen molar-refractivity contribution in [2.75, 3.05) is 26.3 Å². The van der Waals surface area contributed by atoms with Crippen molar-refractivity contribution in [3.63, 3.8) is 0 Å². The first-order valence-electron chi connectivity index (χ1n) is 10.9. The number of aromatic nitrogens is 1. The van der Waals surface area contributed by atoms with E-state index in [1.165, 1.54) is 23.5 Å². The SMILES string of the molecule is CC(C)OC(=O)C1=C(CN2CCOCC2C(=O)O)NC(c2nccs2)=NC1c1ccc(F)cc1Cl. The van der Waals surface area contributed by atoms with Crippen LogP contribution in [0.2, 0.25) is 5.02 Å². The van der Waals surface area contributed by atoms with Crippen LogP contribution in [-0.2, 0) is 19.1 Å². The van der Waals surface area contributed by atoms with Gasteiger partial charge in [0.15, 0.2) is 10.8 Å². The van der Waals surface area contributed by atoms with E-state index in [1.54, 1.807) is 30.3 Å². The highest BCUT2D eigenvalue weighted by molar-refractivity contribution is 7.11. The molecule has 0 amide bonds. The molecule has 0 aliphatic carbocycles. The number of benzene rings is 1. The molecule has 186 valence electrons. The van der Waals surface area contributed by atoms with Crippen molar-refractivity contribution in [1.82, 2.24) is 15.2 Å². The number of amidine groups is 1. The van der Waals surface area contributed by atoms with Crippen LogP contribution in [0.25, 0.3) is 0 Å². The average Bonchev–Trinajstić information content (AvgIpc) is 3.33. The van der Waals surface area contributed by atoms with Crippen molar-refractivity contribution < 1.29 is 28.6 Å². The smallest absolute Gasteiger partial charge is 0.338 e. The van der Waals surface area contributed by atoms with Crippen LogP contribution in [0, 0.1) is 5.82 Å². The van der Waals surface area contributed by atoms with Gasteiger partial charge in [0, 0.05) is 40.9 Å². The van der Waals surface area contributed by atoms with Gasteiger partial charge in [-0.3, -0.25) is 14.7 Å². The van der Waals surface area contributed by atoms with Gasteiger partial charge in [-0.25, -0.2) is 14.2 Å². The molecule has 1 saturated heterocycles. The normalized spacial score (nSPS) is 21.0. The Morgan fingerprint density at radius 3 is 2.89 bits per heavy atom. The lowest BCUT2D eigenvalue weighted by atomic mass is 9.95. The van der Waals surface area contributed by atoms with Crippen molar-refractivity contribution in [3.8, 4) is 0 Å². The first kappa shape index (κ1) is 25.2. The van der Waals surface area contributed by atoms with Gasteiger partial charge < -0.3 is 19.9 Å². The number of aliphatic imine (C=N–C) groups is 1.